The Morgan fingerprint density at radius 3 is 2.31 bits per heavy atom. The highest BCUT2D eigenvalue weighted by molar-refractivity contribution is 7.89. The summed E-state index contributed by atoms with van der Waals surface area (Å²) in [5.41, 5.74) is 2.65. The molecule has 4 aromatic rings. The number of aromatic amines is 1. The third-order valence-corrected chi connectivity index (χ3v) is 9.49. The van der Waals surface area contributed by atoms with E-state index in [2.05, 4.69) is 22.0 Å². The zero-order valence-electron chi connectivity index (χ0n) is 20.1. The predicted octanol–water partition coefficient (Wildman–Crippen LogP) is 1.88. The molecule has 0 aliphatic carbocycles. The minimum Gasteiger partial charge on any atom is -0.349 e. The molecule has 2 aliphatic rings. The van der Waals surface area contributed by atoms with Gasteiger partial charge in [-0.3, -0.25) is 18.8 Å². The molecule has 2 atom stereocenters. The highest BCUT2D eigenvalue weighted by Gasteiger charge is 2.48. The molecule has 2 fully saturated rings. The standard InChI is InChI=1S/C26H27N5O4S/c1-28-23-13-22(27-24(23)25(32)29(2)26(28)33)18-8-10-21(11-9-18)36(34,35)31-16-19-12-20(31)15-30(19)14-17-6-4-3-5-7-17/h3-11,13,19-20,27H,12,14-16H2,1-2H3. The van der Waals surface area contributed by atoms with Crippen molar-refractivity contribution in [1.82, 2.24) is 23.3 Å². The number of nitrogens with one attached hydrogen (secondary N) is 1. The van der Waals surface area contributed by atoms with E-state index >= 15 is 0 Å². The molecule has 2 aliphatic heterocycles. The molecule has 4 heterocycles. The first-order valence-electron chi connectivity index (χ1n) is 11.9. The van der Waals surface area contributed by atoms with E-state index < -0.39 is 21.3 Å². The van der Waals surface area contributed by atoms with Gasteiger partial charge >= 0.3 is 5.69 Å². The number of benzene rings is 2. The van der Waals surface area contributed by atoms with Crippen LogP contribution in [0, 0.1) is 0 Å². The number of aromatic nitrogens is 3. The lowest BCUT2D eigenvalue weighted by molar-refractivity contribution is 0.174. The molecule has 0 radical (unpaired) electrons. The van der Waals surface area contributed by atoms with Gasteiger partial charge in [0.25, 0.3) is 5.56 Å². The number of H-pyrrole nitrogens is 1. The highest BCUT2D eigenvalue weighted by atomic mass is 32.2. The van der Waals surface area contributed by atoms with Gasteiger partial charge in [0.1, 0.15) is 5.52 Å². The van der Waals surface area contributed by atoms with Crippen molar-refractivity contribution in [3.63, 3.8) is 0 Å². The Morgan fingerprint density at radius 2 is 1.64 bits per heavy atom. The molecule has 0 amide bonds. The molecule has 36 heavy (non-hydrogen) atoms. The molecule has 10 heteroatoms. The molecule has 6 rings (SSSR count). The summed E-state index contributed by atoms with van der Waals surface area (Å²) in [5.74, 6) is 0. The number of fused-ring (bicyclic) bond motifs is 3. The summed E-state index contributed by atoms with van der Waals surface area (Å²) in [6.07, 6.45) is 0.854. The van der Waals surface area contributed by atoms with E-state index in [4.69, 9.17) is 0 Å². The van der Waals surface area contributed by atoms with Gasteiger partial charge in [0.05, 0.1) is 10.4 Å². The molecular weight excluding hydrogens is 478 g/mol. The number of nitrogens with zero attached hydrogens (tertiary/aromatic N) is 4. The first-order valence-corrected chi connectivity index (χ1v) is 13.4. The summed E-state index contributed by atoms with van der Waals surface area (Å²) >= 11 is 0. The summed E-state index contributed by atoms with van der Waals surface area (Å²) in [5, 5.41) is 0. The van der Waals surface area contributed by atoms with Crippen LogP contribution in [0.25, 0.3) is 22.3 Å². The van der Waals surface area contributed by atoms with Crippen molar-refractivity contribution < 1.29 is 8.42 Å². The molecule has 2 aromatic carbocycles. The van der Waals surface area contributed by atoms with Crippen LogP contribution in [0.5, 0.6) is 0 Å². The van der Waals surface area contributed by atoms with E-state index in [0.717, 1.165) is 29.6 Å². The van der Waals surface area contributed by atoms with Gasteiger partial charge in [-0.15, -0.1) is 0 Å². The Labute approximate surface area is 208 Å². The third kappa shape index (κ3) is 3.56. The maximum atomic E-state index is 13.5. The van der Waals surface area contributed by atoms with E-state index in [1.807, 2.05) is 18.2 Å². The number of aryl methyl sites for hydroxylation is 1. The van der Waals surface area contributed by atoms with Crippen LogP contribution in [0.4, 0.5) is 0 Å². The molecule has 0 spiro atoms. The van der Waals surface area contributed by atoms with Crippen molar-refractivity contribution >= 4 is 21.1 Å². The van der Waals surface area contributed by atoms with Crippen LogP contribution in [-0.4, -0.2) is 56.9 Å². The van der Waals surface area contributed by atoms with Crippen LogP contribution in [0.3, 0.4) is 0 Å². The van der Waals surface area contributed by atoms with Crippen molar-refractivity contribution in [2.24, 2.45) is 14.1 Å². The van der Waals surface area contributed by atoms with Gasteiger partial charge in [0, 0.05) is 51.5 Å². The molecule has 0 saturated carbocycles. The molecule has 2 unspecified atom stereocenters. The molecule has 9 nitrogen and oxygen atoms in total. The summed E-state index contributed by atoms with van der Waals surface area (Å²) in [4.78, 5) is 30.5. The number of hydrogen-bond donors (Lipinski definition) is 1. The molecule has 1 N–H and O–H groups in total. The average molecular weight is 506 g/mol. The second-order valence-corrected chi connectivity index (χ2v) is 11.6. The number of piperazine rings is 1. The van der Waals surface area contributed by atoms with Gasteiger partial charge in [-0.1, -0.05) is 42.5 Å². The average Bonchev–Trinajstić information content (AvgIpc) is 3.62. The second kappa shape index (κ2) is 8.29. The number of hydrogen-bond acceptors (Lipinski definition) is 5. The summed E-state index contributed by atoms with van der Waals surface area (Å²) in [7, 11) is -0.563. The van der Waals surface area contributed by atoms with Crippen LogP contribution in [0.2, 0.25) is 0 Å². The Kier molecular flexibility index (Phi) is 5.29. The number of sulfonamides is 1. The second-order valence-electron chi connectivity index (χ2n) is 9.71. The van der Waals surface area contributed by atoms with Gasteiger partial charge in [0.2, 0.25) is 10.0 Å². The van der Waals surface area contributed by atoms with Gasteiger partial charge in [-0.25, -0.2) is 13.2 Å². The Bertz CT molecular complexity index is 1690. The summed E-state index contributed by atoms with van der Waals surface area (Å²) < 4.78 is 31.0. The van der Waals surface area contributed by atoms with Crippen LogP contribution in [-0.2, 0) is 30.7 Å². The maximum absolute atomic E-state index is 13.5. The van der Waals surface area contributed by atoms with Crippen molar-refractivity contribution in [1.29, 1.82) is 0 Å². The van der Waals surface area contributed by atoms with Crippen LogP contribution >= 0.6 is 0 Å². The Balaban J connectivity index is 1.23. The highest BCUT2D eigenvalue weighted by Crippen LogP contribution is 2.36. The molecule has 2 saturated heterocycles. The fourth-order valence-corrected chi connectivity index (χ4v) is 7.23. The van der Waals surface area contributed by atoms with E-state index in [9.17, 15) is 18.0 Å². The first kappa shape index (κ1) is 23.0. The van der Waals surface area contributed by atoms with E-state index in [-0.39, 0.29) is 17.0 Å². The molecule has 2 bridgehead atoms. The molecule has 2 aromatic heterocycles. The van der Waals surface area contributed by atoms with Gasteiger partial charge in [-0.05, 0) is 35.7 Å². The van der Waals surface area contributed by atoms with Crippen LogP contribution < -0.4 is 11.2 Å². The largest absolute Gasteiger partial charge is 0.349 e. The van der Waals surface area contributed by atoms with E-state index in [1.165, 1.54) is 17.2 Å². The van der Waals surface area contributed by atoms with Gasteiger partial charge in [-0.2, -0.15) is 4.31 Å². The minimum absolute atomic E-state index is 0.0189. The van der Waals surface area contributed by atoms with Crippen LogP contribution in [0.1, 0.15) is 12.0 Å². The van der Waals surface area contributed by atoms with Crippen molar-refractivity contribution in [2.45, 2.75) is 29.9 Å². The Morgan fingerprint density at radius 1 is 0.917 bits per heavy atom. The quantitative estimate of drug-likeness (QED) is 0.447. The Hall–Kier alpha value is -3.47. The zero-order valence-corrected chi connectivity index (χ0v) is 20.9. The van der Waals surface area contributed by atoms with Crippen molar-refractivity contribution in [3.05, 3.63) is 87.1 Å². The zero-order chi connectivity index (χ0) is 25.2. The number of likely N-dealkylation sites (tertiary alicyclic amines) is 1. The minimum atomic E-state index is -3.62. The van der Waals surface area contributed by atoms with E-state index in [0.29, 0.717) is 23.3 Å². The van der Waals surface area contributed by atoms with Crippen molar-refractivity contribution in [2.75, 3.05) is 13.1 Å². The predicted molar refractivity (Wildman–Crippen MR) is 137 cm³/mol. The molecule has 186 valence electrons. The monoisotopic (exact) mass is 505 g/mol. The summed E-state index contributed by atoms with van der Waals surface area (Å²) in [6, 6.07) is 18.9. The van der Waals surface area contributed by atoms with Crippen molar-refractivity contribution in [3.8, 4) is 11.3 Å². The number of rotatable bonds is 5. The third-order valence-electron chi connectivity index (χ3n) is 7.55. The smallest absolute Gasteiger partial charge is 0.331 e. The fourth-order valence-electron chi connectivity index (χ4n) is 5.57. The first-order chi connectivity index (χ1) is 17.2. The lowest BCUT2D eigenvalue weighted by Crippen LogP contribution is -2.48. The van der Waals surface area contributed by atoms with Gasteiger partial charge in [0.15, 0.2) is 0 Å². The van der Waals surface area contributed by atoms with Crippen LogP contribution in [0.15, 0.2) is 75.1 Å². The topological polar surface area (TPSA) is 100 Å². The summed E-state index contributed by atoms with van der Waals surface area (Å²) in [6.45, 7) is 2.07. The maximum Gasteiger partial charge on any atom is 0.331 e. The fraction of sp³-hybridized carbons (Fsp3) is 0.308. The van der Waals surface area contributed by atoms with Gasteiger partial charge < -0.3 is 4.98 Å². The molecular formula is C26H27N5O4S. The van der Waals surface area contributed by atoms with E-state index in [1.54, 1.807) is 41.7 Å². The lowest BCUT2D eigenvalue weighted by atomic mass is 10.1. The SMILES string of the molecule is Cn1c(=O)c2[nH]c(-c3ccc(S(=O)(=O)N4CC5CC4CN5Cc4ccccc4)cc3)cc2n(C)c1=O. The normalized spacial score (nSPS) is 20.5. The lowest BCUT2D eigenvalue weighted by Gasteiger charge is -2.33.